The van der Waals surface area contributed by atoms with E-state index in [0.29, 0.717) is 83.6 Å². The van der Waals surface area contributed by atoms with Gasteiger partial charge >= 0.3 is 156 Å². The Morgan fingerprint density at radius 1 is 0.456 bits per heavy atom. The molecule has 0 fully saturated rings. The molecule has 4 aliphatic rings. The van der Waals surface area contributed by atoms with Gasteiger partial charge in [0.25, 0.3) is 6.47 Å². The van der Waals surface area contributed by atoms with Gasteiger partial charge in [0.2, 0.25) is 0 Å². The monoisotopic (exact) mass is 1710 g/mol. The summed E-state index contributed by atoms with van der Waals surface area (Å²) < 4.78 is 26.5. The molecule has 0 bridgehead atoms. The number of methoxy groups -OCH3 is 2. The average Bonchev–Trinajstić information content (AvgIpc) is 1.65. The molecule has 0 atom stereocenters. The Morgan fingerprint density at radius 2 is 0.781 bits per heavy atom. The van der Waals surface area contributed by atoms with E-state index in [0.717, 1.165) is 122 Å². The maximum Gasteiger partial charge on any atom is 1.00 e. The third-order valence-electron chi connectivity index (χ3n) is 16.8. The van der Waals surface area contributed by atoms with E-state index in [1.54, 1.807) is 146 Å². The van der Waals surface area contributed by atoms with E-state index >= 15 is 0 Å². The summed E-state index contributed by atoms with van der Waals surface area (Å²) >= 11 is 14.8. The van der Waals surface area contributed by atoms with Gasteiger partial charge in [0.15, 0.2) is 23.1 Å². The summed E-state index contributed by atoms with van der Waals surface area (Å²) in [5.74, 6) is 0.494. The molecule has 0 amide bonds. The summed E-state index contributed by atoms with van der Waals surface area (Å²) in [6.45, 7) is 0.918. The molecule has 10 aromatic rings. The van der Waals surface area contributed by atoms with E-state index in [1.165, 1.54) is 14.2 Å². The zero-order valence-electron chi connectivity index (χ0n) is 64.1. The third kappa shape index (κ3) is 31.6. The summed E-state index contributed by atoms with van der Waals surface area (Å²) in [4.78, 5) is 112. The van der Waals surface area contributed by atoms with Crippen LogP contribution in [0.3, 0.4) is 0 Å². The molecule has 0 unspecified atom stereocenters. The number of aliphatic hydroxyl groups excluding tert-OH is 1. The quantitative estimate of drug-likeness (QED) is 0.0139. The van der Waals surface area contributed by atoms with Crippen LogP contribution in [-0.2, 0) is 70.0 Å². The number of hydrogen-bond acceptors (Lipinski definition) is 20. The van der Waals surface area contributed by atoms with Gasteiger partial charge in [0, 0.05) is 81.6 Å². The van der Waals surface area contributed by atoms with Crippen molar-refractivity contribution in [3.05, 3.63) is 334 Å². The first-order chi connectivity index (χ1) is 53.1. The second-order valence-corrected chi connectivity index (χ2v) is 25.5. The second-order valence-electron chi connectivity index (χ2n) is 24.0. The van der Waals surface area contributed by atoms with Crippen molar-refractivity contribution in [3.63, 3.8) is 0 Å². The first-order valence-electron chi connectivity index (χ1n) is 33.7. The van der Waals surface area contributed by atoms with Crippen molar-refractivity contribution in [3.8, 4) is 23.0 Å². The smallest absolute Gasteiger partial charge is 1.00 e. The molecule has 576 valence electrons. The molecule has 0 aromatic heterocycles. The summed E-state index contributed by atoms with van der Waals surface area (Å²) in [6.07, 6.45) is 7.35. The van der Waals surface area contributed by atoms with Crippen LogP contribution in [0.15, 0.2) is 224 Å². The van der Waals surface area contributed by atoms with E-state index in [1.807, 2.05) is 78.9 Å². The number of halogens is 3. The number of alkyl halides is 1. The minimum atomic E-state index is -0.955. The summed E-state index contributed by atoms with van der Waals surface area (Å²) in [5.41, 5.74) is 14.9. The van der Waals surface area contributed by atoms with Gasteiger partial charge in [-0.25, -0.2) is 19.2 Å². The van der Waals surface area contributed by atoms with Crippen molar-refractivity contribution in [1.82, 2.24) is 0 Å². The molecule has 0 saturated carbocycles. The largest absolute Gasteiger partial charge is 1.00 e. The van der Waals surface area contributed by atoms with Crippen molar-refractivity contribution in [2.24, 2.45) is 0 Å². The molecular formula is C86H76BrCl2K2NaO22. The molecule has 0 heterocycles. The molecule has 14 rings (SSSR count). The van der Waals surface area contributed by atoms with Crippen LogP contribution in [0.4, 0.5) is 0 Å². The number of benzene rings is 10. The number of ketones is 4. The fraction of sp³-hybridized carbons (Fsp3) is 0.163. The number of fused-ring (bicyclic) bond motifs is 4. The van der Waals surface area contributed by atoms with Gasteiger partial charge in [-0.2, -0.15) is 0 Å². The van der Waals surface area contributed by atoms with Gasteiger partial charge in [-0.05, 0) is 221 Å². The number of carboxylic acid groups (broad SMARTS) is 2. The van der Waals surface area contributed by atoms with Crippen LogP contribution in [0.2, 0.25) is 10.0 Å². The zero-order chi connectivity index (χ0) is 79.7. The fourth-order valence-electron chi connectivity index (χ4n) is 11.1. The number of allylic oxidation sites excluding steroid dienone is 1. The average molecular weight is 1710 g/mol. The van der Waals surface area contributed by atoms with Crippen molar-refractivity contribution in [1.29, 1.82) is 0 Å². The first-order valence-corrected chi connectivity index (χ1v) is 35.6. The summed E-state index contributed by atoms with van der Waals surface area (Å²) in [7, 11) is 3.73. The normalized spacial score (nSPS) is 11.9. The Balaban J connectivity index is 0.000000475. The maximum atomic E-state index is 12.7. The van der Waals surface area contributed by atoms with Gasteiger partial charge in [-0.1, -0.05) is 112 Å². The molecule has 0 spiro atoms. The molecule has 10 aromatic carbocycles. The van der Waals surface area contributed by atoms with Gasteiger partial charge in [-0.3, -0.25) is 28.8 Å². The first kappa shape index (κ1) is 100. The number of aromatic carboxylic acids is 2. The van der Waals surface area contributed by atoms with Crippen LogP contribution in [0.1, 0.15) is 164 Å². The third-order valence-corrected chi connectivity index (χ3v) is 17.9. The SMILES string of the molecule is CO.COC(=O)c1ccc(CBr)cc1.COC(=O)c1ccc(COc2ccc3c(c2)CCC3=O)cc1.O=C(O)c1ccc(COc2ccc3c(c2)C/C(=C\c2ccc(Cl)cc2)C3=O)cc1.O=C(O)c1ccc(COc2ccc3c(c2)CCC3=O)cc1.O=C1CCc2cc(O)ccc21.O=CO[O-].O=Cc1ccc(Cl)cc1.[H-].[K+].[K+].[Na+].[OH-]. The molecule has 114 heavy (non-hydrogen) atoms. The van der Waals surface area contributed by atoms with Crippen molar-refractivity contribution in [2.45, 2.75) is 70.1 Å². The number of aliphatic hydroxyl groups is 1. The molecule has 0 radical (unpaired) electrons. The van der Waals surface area contributed by atoms with Crippen LogP contribution in [-0.4, -0.2) is 107 Å². The van der Waals surface area contributed by atoms with Crippen LogP contribution < -0.4 is 152 Å². The van der Waals surface area contributed by atoms with E-state index < -0.39 is 11.9 Å². The van der Waals surface area contributed by atoms with Gasteiger partial charge in [-0.15, -0.1) is 0 Å². The predicted octanol–water partition coefficient (Wildman–Crippen LogP) is 6.75. The Kier molecular flexibility index (Phi) is 46.3. The van der Waals surface area contributed by atoms with Crippen molar-refractivity contribution in [2.75, 3.05) is 21.3 Å². The predicted molar refractivity (Wildman–Crippen MR) is 416 cm³/mol. The Labute approximate surface area is 785 Å². The summed E-state index contributed by atoms with van der Waals surface area (Å²) in [6, 6.07) is 63.1. The number of aldehydes is 1. The number of aromatic hydroxyl groups is 1. The minimum Gasteiger partial charge on any atom is -1.00 e. The number of esters is 2. The van der Waals surface area contributed by atoms with Crippen molar-refractivity contribution < 1.29 is 241 Å². The molecular weight excluding hydrogens is 1640 g/mol. The van der Waals surface area contributed by atoms with Gasteiger partial charge in [0.05, 0.1) is 36.5 Å². The number of aryl methyl sites for hydroxylation is 3. The number of phenolic OH excluding ortho intramolecular Hbond substituents is 1. The molecule has 0 saturated heterocycles. The molecule has 4 aliphatic carbocycles. The van der Waals surface area contributed by atoms with Gasteiger partial charge < -0.3 is 61.2 Å². The summed E-state index contributed by atoms with van der Waals surface area (Å²) in [5, 5.41) is 44.4. The molecule has 28 heteroatoms. The number of carbonyl (C=O) groups excluding carboxylic acids is 8. The number of ether oxygens (including phenoxy) is 5. The molecule has 22 nitrogen and oxygen atoms in total. The maximum absolute atomic E-state index is 12.7. The second kappa shape index (κ2) is 52.6. The fourth-order valence-corrected chi connectivity index (χ4v) is 11.7. The Hall–Kier alpha value is -7.95. The molecule has 5 N–H and O–H groups in total. The number of phenols is 1. The Bertz CT molecular complexity index is 4920. The molecule has 0 aliphatic heterocycles. The van der Waals surface area contributed by atoms with Crippen LogP contribution in [0.25, 0.3) is 6.08 Å². The van der Waals surface area contributed by atoms with Crippen LogP contribution in [0.5, 0.6) is 23.0 Å². The standard InChI is InChI=1S/C24H17ClO4.C18H16O4.C17H14O4.C9H9BrO2.C9H8O2.C7H5ClO.CH2O3.CH4O.2K.Na.H2O.H/c25-20-7-3-15(4-8-20)11-19-12-18-13-21(9-10-22(18)23(19)26)29-14-16-1-5-17(6-2-16)24(27)28;1-21-18(20)13-4-2-12(3-5-13)11-22-15-7-8-16-14(10-15)6-9-17(16)19;18-16-8-5-13-9-14(6-7-15(13)16)21-10-11-1-3-12(4-2-11)17(19)20;1-12-9(11)8-4-2-7(6-10)3-5-8;10-7-2-3-8-6(5-7)1-4-9(8)11;8-7-3-1-6(5-9)2-4-7;2-1-4-3;1-2;;;;;/h1-11,13H,12,14H2,(H,27,28);2-5,7-8,10H,6,9,11H2,1H3;1-4,6-7,9H,5,8,10H2,(H,19,20);2-5H,6H2,1H3;2-3,5,10H,1,4H2;1-5H;1,3H;2H,1H3;;;;1H2;/q;;;;;;;;3*+1;;-1/p-2/b19-11+;;;;;;;;;;;;. The van der Waals surface area contributed by atoms with E-state index in [2.05, 4.69) is 30.3 Å². The number of Topliss-reactive ketones (excluding diaryl/α,β-unsaturated/α-hetero) is 4. The number of carbonyl (C=O) groups is 10. The van der Waals surface area contributed by atoms with E-state index in [-0.39, 0.29) is 198 Å². The van der Waals surface area contributed by atoms with E-state index in [9.17, 15) is 43.2 Å². The topological polar surface area (TPSA) is 360 Å². The number of carboxylic acids is 2. The Morgan fingerprint density at radius 3 is 1.12 bits per heavy atom. The number of rotatable bonds is 17. The van der Waals surface area contributed by atoms with Gasteiger partial charge in [0.1, 0.15) is 49.1 Å². The zero-order valence-corrected chi connectivity index (χ0v) is 74.4. The number of hydrogen-bond donors (Lipinski definition) is 4. The van der Waals surface area contributed by atoms with Crippen LogP contribution >= 0.6 is 39.1 Å². The van der Waals surface area contributed by atoms with Crippen LogP contribution in [0, 0.1) is 0 Å². The minimum absolute atomic E-state index is 0. The van der Waals surface area contributed by atoms with E-state index in [4.69, 9.17) is 67.9 Å². The van der Waals surface area contributed by atoms with Crippen molar-refractivity contribution >= 4 is 105 Å².